The first-order valence-corrected chi connectivity index (χ1v) is 8.99. The molecule has 0 fully saturated rings. The summed E-state index contributed by atoms with van der Waals surface area (Å²) in [5, 5.41) is 2.91. The second kappa shape index (κ2) is 8.04. The minimum Gasteiger partial charge on any atom is -0.482 e. The maximum atomic E-state index is 12.3. The van der Waals surface area contributed by atoms with E-state index in [4.69, 9.17) is 4.74 Å². The second-order valence-electron chi connectivity index (χ2n) is 6.55. The van der Waals surface area contributed by atoms with Gasteiger partial charge < -0.3 is 15.0 Å². The van der Waals surface area contributed by atoms with Crippen LogP contribution in [0.3, 0.4) is 0 Å². The Hall–Kier alpha value is -2.82. The number of carbonyl (C=O) groups excluding carboxylic acids is 2. The molecular formula is C21H24N2O3. The third-order valence-electron chi connectivity index (χ3n) is 4.43. The summed E-state index contributed by atoms with van der Waals surface area (Å²) in [6, 6.07) is 13.2. The van der Waals surface area contributed by atoms with E-state index in [1.54, 1.807) is 17.0 Å². The molecule has 5 nitrogen and oxygen atoms in total. The monoisotopic (exact) mass is 352 g/mol. The molecule has 0 spiro atoms. The maximum absolute atomic E-state index is 12.3. The predicted octanol–water partition coefficient (Wildman–Crippen LogP) is 3.45. The minimum atomic E-state index is -0.0653. The van der Waals surface area contributed by atoms with E-state index < -0.39 is 0 Å². The molecule has 0 radical (unpaired) electrons. The van der Waals surface area contributed by atoms with Crippen LogP contribution < -0.4 is 15.0 Å². The molecule has 2 aromatic rings. The quantitative estimate of drug-likeness (QED) is 0.810. The van der Waals surface area contributed by atoms with Crippen LogP contribution in [0.2, 0.25) is 0 Å². The lowest BCUT2D eigenvalue weighted by Crippen LogP contribution is -2.38. The minimum absolute atomic E-state index is 0.0496. The molecule has 0 saturated heterocycles. The van der Waals surface area contributed by atoms with Crippen molar-refractivity contribution < 1.29 is 14.3 Å². The summed E-state index contributed by atoms with van der Waals surface area (Å²) in [6.45, 7) is 5.27. The van der Waals surface area contributed by atoms with Gasteiger partial charge in [0.25, 0.3) is 11.8 Å². The number of ether oxygens (including phenoxy) is 1. The van der Waals surface area contributed by atoms with E-state index in [0.29, 0.717) is 18.7 Å². The highest BCUT2D eigenvalue weighted by atomic mass is 16.5. The standard InChI is InChI=1S/C21H24N2O3/c1-3-4-11-22-21(25)17-8-6-16(7-9-17)13-23-18-12-15(2)5-10-19(18)26-14-20(23)24/h5-10,12H,3-4,11,13-14H2,1-2H3,(H,22,25). The number of nitrogens with zero attached hydrogens (tertiary/aromatic N) is 1. The number of nitrogens with one attached hydrogen (secondary N) is 1. The van der Waals surface area contributed by atoms with E-state index in [2.05, 4.69) is 12.2 Å². The van der Waals surface area contributed by atoms with Gasteiger partial charge in [-0.15, -0.1) is 0 Å². The molecule has 0 unspecified atom stereocenters. The Labute approximate surface area is 154 Å². The van der Waals surface area contributed by atoms with Crippen LogP contribution in [-0.4, -0.2) is 25.0 Å². The molecule has 2 aromatic carbocycles. The fraction of sp³-hybridized carbons (Fsp3) is 0.333. The maximum Gasteiger partial charge on any atom is 0.265 e. The number of fused-ring (bicyclic) bond motifs is 1. The van der Waals surface area contributed by atoms with Gasteiger partial charge >= 0.3 is 0 Å². The molecule has 3 rings (SSSR count). The average Bonchev–Trinajstić information content (AvgIpc) is 2.65. The Morgan fingerprint density at radius 3 is 2.69 bits per heavy atom. The van der Waals surface area contributed by atoms with Crippen LogP contribution >= 0.6 is 0 Å². The summed E-state index contributed by atoms with van der Waals surface area (Å²) in [5.74, 6) is 0.597. The molecule has 1 aliphatic rings. The molecule has 0 aliphatic carbocycles. The van der Waals surface area contributed by atoms with Gasteiger partial charge in [0.15, 0.2) is 6.61 Å². The third kappa shape index (κ3) is 4.04. The van der Waals surface area contributed by atoms with Crippen molar-refractivity contribution >= 4 is 17.5 Å². The summed E-state index contributed by atoms with van der Waals surface area (Å²) < 4.78 is 5.51. The fourth-order valence-electron chi connectivity index (χ4n) is 2.91. The van der Waals surface area contributed by atoms with Crippen LogP contribution in [0, 0.1) is 6.92 Å². The topological polar surface area (TPSA) is 58.6 Å². The van der Waals surface area contributed by atoms with Gasteiger partial charge in [-0.1, -0.05) is 31.5 Å². The Morgan fingerprint density at radius 2 is 1.96 bits per heavy atom. The zero-order chi connectivity index (χ0) is 18.5. The lowest BCUT2D eigenvalue weighted by molar-refractivity contribution is -0.121. The van der Waals surface area contributed by atoms with Crippen molar-refractivity contribution in [2.45, 2.75) is 33.2 Å². The highest BCUT2D eigenvalue weighted by molar-refractivity contribution is 5.98. The van der Waals surface area contributed by atoms with E-state index in [9.17, 15) is 9.59 Å². The third-order valence-corrected chi connectivity index (χ3v) is 4.43. The van der Waals surface area contributed by atoms with Gasteiger partial charge in [0.2, 0.25) is 0 Å². The van der Waals surface area contributed by atoms with Crippen LogP contribution in [0.15, 0.2) is 42.5 Å². The zero-order valence-corrected chi connectivity index (χ0v) is 15.2. The number of aryl methyl sites for hydroxylation is 1. The Balaban J connectivity index is 1.72. The molecule has 1 N–H and O–H groups in total. The number of carbonyl (C=O) groups is 2. The van der Waals surface area contributed by atoms with Crippen molar-refractivity contribution in [3.63, 3.8) is 0 Å². The predicted molar refractivity (Wildman–Crippen MR) is 102 cm³/mol. The largest absolute Gasteiger partial charge is 0.482 e. The van der Waals surface area contributed by atoms with Gasteiger partial charge in [-0.05, 0) is 48.7 Å². The Kier molecular flexibility index (Phi) is 5.56. The number of rotatable bonds is 6. The molecule has 0 atom stereocenters. The van der Waals surface area contributed by atoms with E-state index >= 15 is 0 Å². The van der Waals surface area contributed by atoms with Crippen LogP contribution in [0.4, 0.5) is 5.69 Å². The molecule has 0 bridgehead atoms. The first-order valence-electron chi connectivity index (χ1n) is 8.99. The molecule has 1 heterocycles. The molecule has 1 aliphatic heterocycles. The molecule has 0 saturated carbocycles. The Bertz CT molecular complexity index is 799. The summed E-state index contributed by atoms with van der Waals surface area (Å²) in [4.78, 5) is 26.2. The average molecular weight is 352 g/mol. The lowest BCUT2D eigenvalue weighted by atomic mass is 10.1. The van der Waals surface area contributed by atoms with Gasteiger partial charge in [0.05, 0.1) is 12.2 Å². The normalized spacial score (nSPS) is 13.2. The number of unbranched alkanes of at least 4 members (excludes halogenated alkanes) is 1. The van der Waals surface area contributed by atoms with Gasteiger partial charge in [-0.25, -0.2) is 0 Å². The lowest BCUT2D eigenvalue weighted by Gasteiger charge is -2.29. The van der Waals surface area contributed by atoms with Crippen molar-refractivity contribution in [3.8, 4) is 5.75 Å². The smallest absolute Gasteiger partial charge is 0.265 e. The van der Waals surface area contributed by atoms with E-state index in [1.165, 1.54) is 0 Å². The molecule has 136 valence electrons. The molecule has 26 heavy (non-hydrogen) atoms. The van der Waals surface area contributed by atoms with Crippen molar-refractivity contribution in [3.05, 3.63) is 59.2 Å². The number of hydrogen-bond acceptors (Lipinski definition) is 3. The van der Waals surface area contributed by atoms with Crippen LogP contribution in [0.5, 0.6) is 5.75 Å². The van der Waals surface area contributed by atoms with Gasteiger partial charge in [-0.2, -0.15) is 0 Å². The molecule has 0 aromatic heterocycles. The zero-order valence-electron chi connectivity index (χ0n) is 15.2. The van der Waals surface area contributed by atoms with Gasteiger partial charge in [0, 0.05) is 12.1 Å². The fourth-order valence-corrected chi connectivity index (χ4v) is 2.91. The van der Waals surface area contributed by atoms with E-state index in [0.717, 1.165) is 35.4 Å². The highest BCUT2D eigenvalue weighted by Gasteiger charge is 2.25. The van der Waals surface area contributed by atoms with Crippen molar-refractivity contribution in [2.75, 3.05) is 18.1 Å². The molecule has 2 amide bonds. The summed E-state index contributed by atoms with van der Waals surface area (Å²) in [7, 11) is 0. The van der Waals surface area contributed by atoms with Gasteiger partial charge in [0.1, 0.15) is 5.75 Å². The van der Waals surface area contributed by atoms with Crippen molar-refractivity contribution in [1.29, 1.82) is 0 Å². The molecular weight excluding hydrogens is 328 g/mol. The first kappa shape index (κ1) is 18.0. The molecule has 5 heteroatoms. The summed E-state index contributed by atoms with van der Waals surface area (Å²) in [5.41, 5.74) is 3.47. The van der Waals surface area contributed by atoms with Crippen LogP contribution in [0.25, 0.3) is 0 Å². The van der Waals surface area contributed by atoms with Crippen molar-refractivity contribution in [1.82, 2.24) is 5.32 Å². The summed E-state index contributed by atoms with van der Waals surface area (Å²) in [6.07, 6.45) is 2.02. The van der Waals surface area contributed by atoms with E-state index in [-0.39, 0.29) is 18.4 Å². The second-order valence-corrected chi connectivity index (χ2v) is 6.55. The number of anilines is 1. The number of hydrogen-bond donors (Lipinski definition) is 1. The van der Waals surface area contributed by atoms with Gasteiger partial charge in [-0.3, -0.25) is 9.59 Å². The SMILES string of the molecule is CCCCNC(=O)c1ccc(CN2C(=O)COc3ccc(C)cc32)cc1. The number of amides is 2. The highest BCUT2D eigenvalue weighted by Crippen LogP contribution is 2.33. The van der Waals surface area contributed by atoms with Crippen molar-refractivity contribution in [2.24, 2.45) is 0 Å². The first-order chi connectivity index (χ1) is 12.6. The van der Waals surface area contributed by atoms with Crippen LogP contribution in [0.1, 0.15) is 41.3 Å². The Morgan fingerprint density at radius 1 is 1.19 bits per heavy atom. The van der Waals surface area contributed by atoms with Crippen LogP contribution in [-0.2, 0) is 11.3 Å². The summed E-state index contributed by atoms with van der Waals surface area (Å²) >= 11 is 0. The number of benzene rings is 2. The van der Waals surface area contributed by atoms with E-state index in [1.807, 2.05) is 37.3 Å².